The van der Waals surface area contributed by atoms with Gasteiger partial charge >= 0.3 is 0 Å². The van der Waals surface area contributed by atoms with Crippen LogP contribution in [0.25, 0.3) is 0 Å². The van der Waals surface area contributed by atoms with Crippen LogP contribution in [-0.2, 0) is 9.59 Å². The fourth-order valence-corrected chi connectivity index (χ4v) is 3.55. The molecular weight excluding hydrogens is 371 g/mol. The Morgan fingerprint density at radius 1 is 1.07 bits per heavy atom. The molecule has 3 rings (SSSR count). The van der Waals surface area contributed by atoms with Gasteiger partial charge in [-0.3, -0.25) is 9.59 Å². The summed E-state index contributed by atoms with van der Waals surface area (Å²) in [4.78, 5) is 28.4. The summed E-state index contributed by atoms with van der Waals surface area (Å²) in [6, 6.07) is 6.45. The van der Waals surface area contributed by atoms with Gasteiger partial charge < -0.3 is 20.4 Å². The third kappa shape index (κ3) is 6.07. The maximum absolute atomic E-state index is 13.0. The minimum absolute atomic E-state index is 0. The number of carbonyl (C=O) groups is 2. The van der Waals surface area contributed by atoms with Crippen molar-refractivity contribution in [3.8, 4) is 0 Å². The number of piperidine rings is 1. The summed E-state index contributed by atoms with van der Waals surface area (Å²) < 4.78 is 13.0. The highest BCUT2D eigenvalue weighted by molar-refractivity contribution is 5.85. The van der Waals surface area contributed by atoms with Crippen molar-refractivity contribution in [1.29, 1.82) is 0 Å². The lowest BCUT2D eigenvalue weighted by Crippen LogP contribution is -2.49. The Kier molecular flexibility index (Phi) is 8.31. The Morgan fingerprint density at radius 3 is 2.33 bits per heavy atom. The number of benzene rings is 1. The van der Waals surface area contributed by atoms with E-state index in [1.165, 1.54) is 12.1 Å². The van der Waals surface area contributed by atoms with Gasteiger partial charge in [-0.25, -0.2) is 4.39 Å². The second-order valence-electron chi connectivity index (χ2n) is 6.91. The lowest BCUT2D eigenvalue weighted by Gasteiger charge is -2.36. The van der Waals surface area contributed by atoms with E-state index in [0.29, 0.717) is 26.1 Å². The fourth-order valence-electron chi connectivity index (χ4n) is 3.55. The van der Waals surface area contributed by atoms with E-state index in [1.54, 1.807) is 12.1 Å². The molecule has 1 aromatic rings. The summed E-state index contributed by atoms with van der Waals surface area (Å²) in [7, 11) is 0. The third-order valence-corrected chi connectivity index (χ3v) is 5.17. The van der Waals surface area contributed by atoms with Gasteiger partial charge in [-0.2, -0.15) is 0 Å². The minimum atomic E-state index is -0.242. The number of halogens is 2. The second kappa shape index (κ2) is 10.5. The van der Waals surface area contributed by atoms with E-state index < -0.39 is 0 Å². The van der Waals surface area contributed by atoms with E-state index in [-0.39, 0.29) is 36.0 Å². The molecule has 0 saturated carbocycles. The van der Waals surface area contributed by atoms with E-state index in [0.717, 1.165) is 44.7 Å². The van der Waals surface area contributed by atoms with Crippen LogP contribution in [0.2, 0.25) is 0 Å². The van der Waals surface area contributed by atoms with Crippen molar-refractivity contribution in [3.63, 3.8) is 0 Å². The first-order valence-corrected chi connectivity index (χ1v) is 9.40. The van der Waals surface area contributed by atoms with Crippen LogP contribution in [0.5, 0.6) is 0 Å². The SMILES string of the molecule is Cl.O=C(NCCC(=O)N1CCN(c2ccc(F)cc2)CC1)C1CCNCC1. The van der Waals surface area contributed by atoms with Crippen LogP contribution in [0.4, 0.5) is 10.1 Å². The summed E-state index contributed by atoms with van der Waals surface area (Å²) in [5, 5.41) is 6.14. The molecule has 0 bridgehead atoms. The molecule has 6 nitrogen and oxygen atoms in total. The zero-order valence-electron chi connectivity index (χ0n) is 15.5. The van der Waals surface area contributed by atoms with Crippen LogP contribution < -0.4 is 15.5 Å². The number of piperazine rings is 1. The maximum Gasteiger partial charge on any atom is 0.224 e. The van der Waals surface area contributed by atoms with E-state index in [2.05, 4.69) is 15.5 Å². The van der Waals surface area contributed by atoms with Crippen LogP contribution in [0.3, 0.4) is 0 Å². The van der Waals surface area contributed by atoms with Crippen molar-refractivity contribution in [1.82, 2.24) is 15.5 Å². The Balaban J connectivity index is 0.00000261. The van der Waals surface area contributed by atoms with Crippen LogP contribution in [0.1, 0.15) is 19.3 Å². The predicted octanol–water partition coefficient (Wildman–Crippen LogP) is 1.40. The lowest BCUT2D eigenvalue weighted by atomic mass is 9.97. The lowest BCUT2D eigenvalue weighted by molar-refractivity contribution is -0.131. The summed E-state index contributed by atoms with van der Waals surface area (Å²) in [5.41, 5.74) is 0.979. The summed E-state index contributed by atoms with van der Waals surface area (Å²) in [5.74, 6) is -0.0190. The van der Waals surface area contributed by atoms with E-state index in [4.69, 9.17) is 0 Å². The first-order chi connectivity index (χ1) is 12.6. The monoisotopic (exact) mass is 398 g/mol. The standard InChI is InChI=1S/C19H27FN4O2.ClH/c20-16-1-3-17(4-2-16)23-11-13-24(14-12-23)18(25)7-10-22-19(26)15-5-8-21-9-6-15;/h1-4,15,21H,5-14H2,(H,22,26);1H. The van der Waals surface area contributed by atoms with Crippen molar-refractivity contribution < 1.29 is 14.0 Å². The third-order valence-electron chi connectivity index (χ3n) is 5.17. The summed E-state index contributed by atoms with van der Waals surface area (Å²) in [6.07, 6.45) is 2.07. The summed E-state index contributed by atoms with van der Waals surface area (Å²) >= 11 is 0. The number of nitrogens with zero attached hydrogens (tertiary/aromatic N) is 2. The first-order valence-electron chi connectivity index (χ1n) is 9.40. The van der Waals surface area contributed by atoms with E-state index >= 15 is 0 Å². The van der Waals surface area contributed by atoms with Crippen molar-refractivity contribution >= 4 is 29.9 Å². The molecule has 2 aliphatic heterocycles. The Labute approximate surface area is 165 Å². The fraction of sp³-hybridized carbons (Fsp3) is 0.579. The predicted molar refractivity (Wildman–Crippen MR) is 106 cm³/mol. The molecule has 2 saturated heterocycles. The van der Waals surface area contributed by atoms with Gasteiger partial charge in [0.1, 0.15) is 5.82 Å². The van der Waals surface area contributed by atoms with Crippen molar-refractivity contribution in [2.75, 3.05) is 50.7 Å². The topological polar surface area (TPSA) is 64.7 Å². The molecule has 0 atom stereocenters. The van der Waals surface area contributed by atoms with Crippen molar-refractivity contribution in [2.24, 2.45) is 5.92 Å². The largest absolute Gasteiger partial charge is 0.368 e. The molecule has 2 heterocycles. The van der Waals surface area contributed by atoms with Crippen LogP contribution in [0.15, 0.2) is 24.3 Å². The molecule has 8 heteroatoms. The van der Waals surface area contributed by atoms with Gasteiger partial charge in [0.25, 0.3) is 0 Å². The number of hydrogen-bond acceptors (Lipinski definition) is 4. The van der Waals surface area contributed by atoms with Crippen molar-refractivity contribution in [2.45, 2.75) is 19.3 Å². The van der Waals surface area contributed by atoms with Crippen LogP contribution in [0, 0.1) is 11.7 Å². The number of anilines is 1. The zero-order chi connectivity index (χ0) is 18.4. The Morgan fingerprint density at radius 2 is 1.70 bits per heavy atom. The second-order valence-corrected chi connectivity index (χ2v) is 6.91. The molecule has 1 aromatic carbocycles. The van der Waals surface area contributed by atoms with Gasteiger partial charge in [-0.1, -0.05) is 0 Å². The number of amides is 2. The highest BCUT2D eigenvalue weighted by atomic mass is 35.5. The van der Waals surface area contributed by atoms with Crippen LogP contribution in [-0.4, -0.2) is 62.5 Å². The number of hydrogen-bond donors (Lipinski definition) is 2. The number of carbonyl (C=O) groups excluding carboxylic acids is 2. The molecular formula is C19H28ClFN4O2. The molecule has 0 radical (unpaired) electrons. The quantitative estimate of drug-likeness (QED) is 0.787. The van der Waals surface area contributed by atoms with Gasteiger partial charge in [0.05, 0.1) is 0 Å². The van der Waals surface area contributed by atoms with Crippen LogP contribution >= 0.6 is 12.4 Å². The first kappa shape index (κ1) is 21.4. The smallest absolute Gasteiger partial charge is 0.224 e. The van der Waals surface area contributed by atoms with Gasteiger partial charge in [-0.05, 0) is 50.2 Å². The van der Waals surface area contributed by atoms with E-state index in [1.807, 2.05) is 4.90 Å². The molecule has 150 valence electrons. The Hall–Kier alpha value is -1.86. The average molecular weight is 399 g/mol. The molecule has 2 amide bonds. The Bertz CT molecular complexity index is 615. The molecule has 0 aromatic heterocycles. The highest BCUT2D eigenvalue weighted by Crippen LogP contribution is 2.17. The molecule has 2 aliphatic rings. The maximum atomic E-state index is 13.0. The highest BCUT2D eigenvalue weighted by Gasteiger charge is 2.23. The molecule has 2 N–H and O–H groups in total. The normalized spacial score (nSPS) is 18.0. The van der Waals surface area contributed by atoms with Gasteiger partial charge in [0.15, 0.2) is 0 Å². The molecule has 0 unspecified atom stereocenters. The number of rotatable bonds is 5. The average Bonchev–Trinajstić information content (AvgIpc) is 2.69. The van der Waals surface area contributed by atoms with Gasteiger partial charge in [-0.15, -0.1) is 12.4 Å². The summed E-state index contributed by atoms with van der Waals surface area (Å²) in [6.45, 7) is 4.94. The minimum Gasteiger partial charge on any atom is -0.368 e. The molecule has 0 spiro atoms. The van der Waals surface area contributed by atoms with E-state index in [9.17, 15) is 14.0 Å². The number of nitrogens with one attached hydrogen (secondary N) is 2. The zero-order valence-corrected chi connectivity index (χ0v) is 16.3. The molecule has 2 fully saturated rings. The van der Waals surface area contributed by atoms with Crippen molar-refractivity contribution in [3.05, 3.63) is 30.1 Å². The van der Waals surface area contributed by atoms with Gasteiger partial charge in [0.2, 0.25) is 11.8 Å². The van der Waals surface area contributed by atoms with Gasteiger partial charge in [0, 0.05) is 50.7 Å². The molecule has 0 aliphatic carbocycles. The molecule has 27 heavy (non-hydrogen) atoms.